The predicted octanol–water partition coefficient (Wildman–Crippen LogP) is 8.23. The van der Waals surface area contributed by atoms with Crippen molar-refractivity contribution in [2.24, 2.45) is 5.92 Å². The summed E-state index contributed by atoms with van der Waals surface area (Å²) in [5.41, 5.74) is 2.58. The monoisotopic (exact) mass is 374 g/mol. The second-order valence-electron chi connectivity index (χ2n) is 7.91. The molecule has 0 bridgehead atoms. The third kappa shape index (κ3) is 5.37. The summed E-state index contributed by atoms with van der Waals surface area (Å²) in [6.07, 6.45) is 6.29. The van der Waals surface area contributed by atoms with Gasteiger partial charge < -0.3 is 0 Å². The summed E-state index contributed by atoms with van der Waals surface area (Å²) in [5, 5.41) is 0. The van der Waals surface area contributed by atoms with Crippen molar-refractivity contribution in [2.45, 2.75) is 70.4 Å². The van der Waals surface area contributed by atoms with Crippen molar-refractivity contribution in [3.63, 3.8) is 0 Å². The van der Waals surface area contributed by atoms with E-state index in [0.29, 0.717) is 5.92 Å². The minimum absolute atomic E-state index is 0.599. The zero-order valence-electron chi connectivity index (χ0n) is 16.1. The lowest BCUT2D eigenvalue weighted by Gasteiger charge is -2.29. The van der Waals surface area contributed by atoms with Gasteiger partial charge in [0.2, 0.25) is 0 Å². The van der Waals surface area contributed by atoms with Crippen molar-refractivity contribution in [1.29, 1.82) is 0 Å². The molecule has 2 aromatic carbocycles. The summed E-state index contributed by atoms with van der Waals surface area (Å²) >= 11 is 0. The molecule has 1 fully saturated rings. The quantitative estimate of drug-likeness (QED) is 0.447. The first-order valence-corrected chi connectivity index (χ1v) is 10.2. The van der Waals surface area contributed by atoms with E-state index in [0.717, 1.165) is 29.2 Å². The highest BCUT2D eigenvalue weighted by atomic mass is 19.4. The van der Waals surface area contributed by atoms with Gasteiger partial charge in [0.1, 0.15) is 0 Å². The van der Waals surface area contributed by atoms with Crippen LogP contribution >= 0.6 is 0 Å². The number of alkyl halides is 3. The van der Waals surface area contributed by atoms with Crippen LogP contribution in [0.2, 0.25) is 0 Å². The molecule has 0 aromatic heterocycles. The molecule has 1 aliphatic rings. The van der Waals surface area contributed by atoms with Gasteiger partial charge in [0, 0.05) is 0 Å². The van der Waals surface area contributed by atoms with Crippen molar-refractivity contribution < 1.29 is 13.2 Å². The van der Waals surface area contributed by atoms with Crippen molar-refractivity contribution in [3.8, 4) is 11.1 Å². The largest absolute Gasteiger partial charge is 0.416 e. The van der Waals surface area contributed by atoms with Crippen LogP contribution in [-0.2, 0) is 6.18 Å². The fourth-order valence-corrected chi connectivity index (χ4v) is 4.27. The normalized spacial score (nSPS) is 20.6. The number of hydrogen-bond acceptors (Lipinski definition) is 0. The standard InChI is InChI=1S/C24H29F3/c1-2-3-4-5-18-6-8-19(9-7-18)20-10-12-21(13-11-20)22-14-16-23(17-15-22)24(25,26)27/h10-19H,2-9H2,1H3. The van der Waals surface area contributed by atoms with Gasteiger partial charge in [-0.3, -0.25) is 0 Å². The van der Waals surface area contributed by atoms with E-state index in [1.54, 1.807) is 12.1 Å². The number of benzene rings is 2. The molecule has 2 aromatic rings. The minimum atomic E-state index is -4.28. The van der Waals surface area contributed by atoms with Crippen LogP contribution in [0.25, 0.3) is 11.1 Å². The Morgan fingerprint density at radius 2 is 1.33 bits per heavy atom. The van der Waals surface area contributed by atoms with Crippen LogP contribution < -0.4 is 0 Å². The highest BCUT2D eigenvalue weighted by molar-refractivity contribution is 5.64. The maximum Gasteiger partial charge on any atom is 0.416 e. The van der Waals surface area contributed by atoms with Crippen molar-refractivity contribution in [2.75, 3.05) is 0 Å². The third-order valence-electron chi connectivity index (χ3n) is 5.99. The van der Waals surface area contributed by atoms with E-state index < -0.39 is 11.7 Å². The van der Waals surface area contributed by atoms with Gasteiger partial charge in [0.15, 0.2) is 0 Å². The minimum Gasteiger partial charge on any atom is -0.166 e. The van der Waals surface area contributed by atoms with Crippen LogP contribution in [0.4, 0.5) is 13.2 Å². The van der Waals surface area contributed by atoms with Gasteiger partial charge in [-0.1, -0.05) is 69.0 Å². The molecule has 0 nitrogen and oxygen atoms in total. The van der Waals surface area contributed by atoms with Crippen LogP contribution in [0.5, 0.6) is 0 Å². The number of hydrogen-bond donors (Lipinski definition) is 0. The molecule has 1 aliphatic carbocycles. The van der Waals surface area contributed by atoms with Gasteiger partial charge in [-0.05, 0) is 66.3 Å². The number of halogens is 3. The summed E-state index contributed by atoms with van der Waals surface area (Å²) in [6, 6.07) is 13.8. The lowest BCUT2D eigenvalue weighted by molar-refractivity contribution is -0.137. The Balaban J connectivity index is 1.58. The fourth-order valence-electron chi connectivity index (χ4n) is 4.27. The second kappa shape index (κ2) is 8.95. The van der Waals surface area contributed by atoms with Gasteiger partial charge in [-0.25, -0.2) is 0 Å². The molecule has 0 atom stereocenters. The second-order valence-corrected chi connectivity index (χ2v) is 7.91. The Labute approximate surface area is 160 Å². The molecule has 1 saturated carbocycles. The summed E-state index contributed by atoms with van der Waals surface area (Å²) in [7, 11) is 0. The lowest BCUT2D eigenvalue weighted by atomic mass is 9.77. The van der Waals surface area contributed by atoms with Gasteiger partial charge in [0.05, 0.1) is 5.56 Å². The third-order valence-corrected chi connectivity index (χ3v) is 5.99. The summed E-state index contributed by atoms with van der Waals surface area (Å²) in [5.74, 6) is 1.54. The smallest absolute Gasteiger partial charge is 0.166 e. The molecule has 27 heavy (non-hydrogen) atoms. The summed E-state index contributed by atoms with van der Waals surface area (Å²) in [6.45, 7) is 2.26. The first kappa shape index (κ1) is 20.0. The average molecular weight is 374 g/mol. The maximum absolute atomic E-state index is 12.7. The first-order valence-electron chi connectivity index (χ1n) is 10.2. The predicted molar refractivity (Wildman–Crippen MR) is 106 cm³/mol. The van der Waals surface area contributed by atoms with Crippen molar-refractivity contribution in [3.05, 3.63) is 59.7 Å². The van der Waals surface area contributed by atoms with Gasteiger partial charge >= 0.3 is 6.18 Å². The Hall–Kier alpha value is -1.77. The van der Waals surface area contributed by atoms with Crippen LogP contribution in [0.1, 0.15) is 75.3 Å². The Morgan fingerprint density at radius 1 is 0.778 bits per heavy atom. The SMILES string of the molecule is CCCCCC1CCC(c2ccc(-c3ccc(C(F)(F)F)cc3)cc2)CC1. The molecule has 146 valence electrons. The average Bonchev–Trinajstić information content (AvgIpc) is 2.68. The molecule has 0 unspecified atom stereocenters. The number of rotatable bonds is 6. The Bertz CT molecular complexity index is 690. The molecule has 3 heteroatoms. The fraction of sp³-hybridized carbons (Fsp3) is 0.500. The van der Waals surface area contributed by atoms with E-state index in [2.05, 4.69) is 19.1 Å². The van der Waals surface area contributed by atoms with E-state index in [4.69, 9.17) is 0 Å². The van der Waals surface area contributed by atoms with Crippen LogP contribution in [0, 0.1) is 5.92 Å². The molecule has 0 heterocycles. The molecule has 0 radical (unpaired) electrons. The summed E-state index contributed by atoms with van der Waals surface area (Å²) in [4.78, 5) is 0. The maximum atomic E-state index is 12.7. The Kier molecular flexibility index (Phi) is 6.62. The molecule has 0 spiro atoms. The first-order chi connectivity index (χ1) is 13.0. The van der Waals surface area contributed by atoms with Crippen molar-refractivity contribution in [1.82, 2.24) is 0 Å². The zero-order valence-corrected chi connectivity index (χ0v) is 16.1. The van der Waals surface area contributed by atoms with Crippen molar-refractivity contribution >= 4 is 0 Å². The van der Waals surface area contributed by atoms with Gasteiger partial charge in [-0.2, -0.15) is 13.2 Å². The summed E-state index contributed by atoms with van der Waals surface area (Å²) < 4.78 is 38.1. The van der Waals surface area contributed by atoms with E-state index in [-0.39, 0.29) is 0 Å². The zero-order chi connectivity index (χ0) is 19.3. The Morgan fingerprint density at radius 3 is 1.85 bits per heavy atom. The molecule has 0 saturated heterocycles. The molecular formula is C24H29F3. The van der Waals surface area contributed by atoms with Crippen LogP contribution in [-0.4, -0.2) is 0 Å². The lowest BCUT2D eigenvalue weighted by Crippen LogP contribution is -2.13. The molecule has 0 N–H and O–H groups in total. The van der Waals surface area contributed by atoms with Crippen LogP contribution in [0.15, 0.2) is 48.5 Å². The van der Waals surface area contributed by atoms with Gasteiger partial charge in [-0.15, -0.1) is 0 Å². The van der Waals surface area contributed by atoms with Crippen LogP contribution in [0.3, 0.4) is 0 Å². The molecule has 0 amide bonds. The van der Waals surface area contributed by atoms with E-state index in [1.807, 2.05) is 12.1 Å². The molecule has 3 rings (SSSR count). The van der Waals surface area contributed by atoms with E-state index in [9.17, 15) is 13.2 Å². The molecule has 0 aliphatic heterocycles. The highest BCUT2D eigenvalue weighted by Gasteiger charge is 2.30. The van der Waals surface area contributed by atoms with E-state index >= 15 is 0 Å². The van der Waals surface area contributed by atoms with E-state index in [1.165, 1.54) is 56.9 Å². The van der Waals surface area contributed by atoms with Gasteiger partial charge in [0.25, 0.3) is 0 Å². The highest BCUT2D eigenvalue weighted by Crippen LogP contribution is 2.38. The topological polar surface area (TPSA) is 0 Å². The number of unbranched alkanes of at least 4 members (excludes halogenated alkanes) is 2. The molecular weight excluding hydrogens is 345 g/mol.